The molecule has 1 aromatic heterocycles. The van der Waals surface area contributed by atoms with Gasteiger partial charge < -0.3 is 14.7 Å². The van der Waals surface area contributed by atoms with Crippen LogP contribution in [0.5, 0.6) is 0 Å². The number of amides is 2. The SMILES string of the molecule is CC(C)c1ccccc1NC(=O)c1cc(C2CCN(C(=O)c3ccccc3F)CC2)no1. The number of nitrogens with one attached hydrogen (secondary N) is 1. The second-order valence-electron chi connectivity index (χ2n) is 8.36. The second kappa shape index (κ2) is 9.34. The van der Waals surface area contributed by atoms with E-state index in [4.69, 9.17) is 4.52 Å². The second-order valence-corrected chi connectivity index (χ2v) is 8.36. The third kappa shape index (κ3) is 4.56. The summed E-state index contributed by atoms with van der Waals surface area (Å²) < 4.78 is 19.3. The van der Waals surface area contributed by atoms with Gasteiger partial charge in [-0.2, -0.15) is 0 Å². The van der Waals surface area contributed by atoms with Gasteiger partial charge in [-0.3, -0.25) is 9.59 Å². The molecular weight excluding hydrogens is 409 g/mol. The van der Waals surface area contributed by atoms with E-state index in [9.17, 15) is 14.0 Å². The Morgan fingerprint density at radius 2 is 1.78 bits per heavy atom. The number of aromatic nitrogens is 1. The van der Waals surface area contributed by atoms with Crippen molar-refractivity contribution in [2.24, 2.45) is 0 Å². The van der Waals surface area contributed by atoms with Crippen LogP contribution in [0.3, 0.4) is 0 Å². The quantitative estimate of drug-likeness (QED) is 0.597. The number of hydrogen-bond acceptors (Lipinski definition) is 4. The Bertz CT molecular complexity index is 1120. The molecule has 0 saturated carbocycles. The highest BCUT2D eigenvalue weighted by Crippen LogP contribution is 2.29. The fourth-order valence-electron chi connectivity index (χ4n) is 4.07. The highest BCUT2D eigenvalue weighted by Gasteiger charge is 2.28. The van der Waals surface area contributed by atoms with Crippen LogP contribution in [0.25, 0.3) is 0 Å². The molecule has 1 aliphatic rings. The van der Waals surface area contributed by atoms with E-state index >= 15 is 0 Å². The number of para-hydroxylation sites is 1. The van der Waals surface area contributed by atoms with E-state index in [1.54, 1.807) is 23.1 Å². The van der Waals surface area contributed by atoms with Gasteiger partial charge >= 0.3 is 0 Å². The van der Waals surface area contributed by atoms with Gasteiger partial charge in [0.1, 0.15) is 5.82 Å². The molecule has 0 radical (unpaired) electrons. The van der Waals surface area contributed by atoms with Crippen LogP contribution in [0, 0.1) is 5.82 Å². The first kappa shape index (κ1) is 21.7. The van der Waals surface area contributed by atoms with Crippen LogP contribution >= 0.6 is 0 Å². The zero-order valence-corrected chi connectivity index (χ0v) is 18.2. The molecule has 2 aromatic carbocycles. The minimum absolute atomic E-state index is 0.0768. The van der Waals surface area contributed by atoms with Gasteiger partial charge in [-0.15, -0.1) is 0 Å². The summed E-state index contributed by atoms with van der Waals surface area (Å²) in [7, 11) is 0. The zero-order valence-electron chi connectivity index (χ0n) is 18.2. The van der Waals surface area contributed by atoms with Crippen LogP contribution < -0.4 is 5.32 Å². The van der Waals surface area contributed by atoms with Gasteiger partial charge in [0.25, 0.3) is 11.8 Å². The summed E-state index contributed by atoms with van der Waals surface area (Å²) in [5, 5.41) is 7.01. The average Bonchev–Trinajstić information content (AvgIpc) is 3.30. The number of piperidine rings is 1. The summed E-state index contributed by atoms with van der Waals surface area (Å²) in [6, 6.07) is 15.4. The average molecular weight is 435 g/mol. The monoisotopic (exact) mass is 435 g/mol. The van der Waals surface area contributed by atoms with E-state index < -0.39 is 5.82 Å². The number of rotatable bonds is 5. The summed E-state index contributed by atoms with van der Waals surface area (Å²) in [5.41, 5.74) is 2.59. The maximum absolute atomic E-state index is 13.9. The maximum Gasteiger partial charge on any atom is 0.294 e. The van der Waals surface area contributed by atoms with Gasteiger partial charge in [-0.25, -0.2) is 4.39 Å². The van der Waals surface area contributed by atoms with Crippen LogP contribution in [-0.4, -0.2) is 35.0 Å². The van der Waals surface area contributed by atoms with E-state index in [-0.39, 0.29) is 35.0 Å². The van der Waals surface area contributed by atoms with E-state index in [0.29, 0.717) is 31.6 Å². The molecule has 2 heterocycles. The van der Waals surface area contributed by atoms with Gasteiger partial charge in [-0.05, 0) is 42.5 Å². The van der Waals surface area contributed by atoms with E-state index in [0.717, 1.165) is 11.3 Å². The van der Waals surface area contributed by atoms with Crippen LogP contribution in [0.4, 0.5) is 10.1 Å². The number of carbonyl (C=O) groups is 2. The largest absolute Gasteiger partial charge is 0.351 e. The van der Waals surface area contributed by atoms with Crippen molar-refractivity contribution in [3.63, 3.8) is 0 Å². The molecule has 7 heteroatoms. The van der Waals surface area contributed by atoms with Crippen molar-refractivity contribution in [1.29, 1.82) is 0 Å². The Balaban J connectivity index is 1.38. The molecule has 1 fully saturated rings. The molecule has 0 aliphatic carbocycles. The van der Waals surface area contributed by atoms with Crippen LogP contribution in [-0.2, 0) is 0 Å². The molecule has 32 heavy (non-hydrogen) atoms. The van der Waals surface area contributed by atoms with Crippen LogP contribution in [0.2, 0.25) is 0 Å². The normalized spacial score (nSPS) is 14.6. The lowest BCUT2D eigenvalue weighted by atomic mass is 9.93. The molecule has 4 rings (SSSR count). The fraction of sp³-hybridized carbons (Fsp3) is 0.320. The zero-order chi connectivity index (χ0) is 22.7. The number of carbonyl (C=O) groups excluding carboxylic acids is 2. The summed E-state index contributed by atoms with van der Waals surface area (Å²) in [5.74, 6) is -0.647. The first-order chi connectivity index (χ1) is 15.4. The lowest BCUT2D eigenvalue weighted by Gasteiger charge is -2.31. The summed E-state index contributed by atoms with van der Waals surface area (Å²) in [4.78, 5) is 26.9. The standard InChI is InChI=1S/C25H26FN3O3/c1-16(2)18-7-4-6-10-21(18)27-24(30)23-15-22(28-32-23)17-11-13-29(14-12-17)25(31)19-8-3-5-9-20(19)26/h3-10,15-17H,11-14H2,1-2H3,(H,27,30). The first-order valence-electron chi connectivity index (χ1n) is 10.8. The molecule has 1 saturated heterocycles. The topological polar surface area (TPSA) is 75.4 Å². The number of nitrogens with zero attached hydrogens (tertiary/aromatic N) is 2. The summed E-state index contributed by atoms with van der Waals surface area (Å²) >= 11 is 0. The van der Waals surface area contributed by atoms with Crippen LogP contribution in [0.15, 0.2) is 59.1 Å². The Morgan fingerprint density at radius 3 is 2.50 bits per heavy atom. The van der Waals surface area contributed by atoms with Gasteiger partial charge in [0.15, 0.2) is 0 Å². The maximum atomic E-state index is 13.9. The van der Waals surface area contributed by atoms with Crippen molar-refractivity contribution in [3.8, 4) is 0 Å². The Hall–Kier alpha value is -3.48. The number of anilines is 1. The highest BCUT2D eigenvalue weighted by atomic mass is 19.1. The molecule has 2 amide bonds. The molecule has 0 unspecified atom stereocenters. The van der Waals surface area contributed by atoms with Crippen molar-refractivity contribution in [2.75, 3.05) is 18.4 Å². The van der Waals surface area contributed by atoms with Gasteiger partial charge in [0.2, 0.25) is 5.76 Å². The van der Waals surface area contributed by atoms with Gasteiger partial charge in [0, 0.05) is 30.8 Å². The fourth-order valence-corrected chi connectivity index (χ4v) is 4.07. The molecule has 1 aliphatic heterocycles. The molecule has 6 nitrogen and oxygen atoms in total. The molecular formula is C25H26FN3O3. The van der Waals surface area contributed by atoms with Crippen molar-refractivity contribution in [1.82, 2.24) is 10.1 Å². The predicted octanol–water partition coefficient (Wildman–Crippen LogP) is 5.21. The first-order valence-corrected chi connectivity index (χ1v) is 10.8. The summed E-state index contributed by atoms with van der Waals surface area (Å²) in [6.07, 6.45) is 1.34. The molecule has 0 bridgehead atoms. The predicted molar refractivity (Wildman–Crippen MR) is 119 cm³/mol. The van der Waals surface area contributed by atoms with Gasteiger partial charge in [-0.1, -0.05) is 49.3 Å². The molecule has 0 atom stereocenters. The lowest BCUT2D eigenvalue weighted by Crippen LogP contribution is -2.38. The highest BCUT2D eigenvalue weighted by molar-refractivity contribution is 6.02. The minimum atomic E-state index is -0.509. The number of hydrogen-bond donors (Lipinski definition) is 1. The number of likely N-dealkylation sites (tertiary alicyclic amines) is 1. The Kier molecular flexibility index (Phi) is 6.35. The molecule has 1 N–H and O–H groups in total. The van der Waals surface area contributed by atoms with Crippen molar-refractivity contribution in [3.05, 3.63) is 83.0 Å². The number of halogens is 1. The van der Waals surface area contributed by atoms with Crippen LogP contribution in [0.1, 0.15) is 70.7 Å². The molecule has 3 aromatic rings. The van der Waals surface area contributed by atoms with E-state index in [1.165, 1.54) is 12.1 Å². The smallest absolute Gasteiger partial charge is 0.294 e. The van der Waals surface area contributed by atoms with E-state index in [1.807, 2.05) is 24.3 Å². The third-order valence-electron chi connectivity index (χ3n) is 5.89. The van der Waals surface area contributed by atoms with Gasteiger partial charge in [0.05, 0.1) is 11.3 Å². The van der Waals surface area contributed by atoms with E-state index in [2.05, 4.69) is 24.3 Å². The minimum Gasteiger partial charge on any atom is -0.351 e. The third-order valence-corrected chi connectivity index (χ3v) is 5.89. The molecule has 166 valence electrons. The molecule has 0 spiro atoms. The Labute approximate surface area is 186 Å². The summed E-state index contributed by atoms with van der Waals surface area (Å²) in [6.45, 7) is 5.13. The number of benzene rings is 2. The van der Waals surface area contributed by atoms with Crippen molar-refractivity contribution >= 4 is 17.5 Å². The lowest BCUT2D eigenvalue weighted by molar-refractivity contribution is 0.0706. The Morgan fingerprint density at radius 1 is 1.09 bits per heavy atom. The van der Waals surface area contributed by atoms with Crippen molar-refractivity contribution in [2.45, 2.75) is 38.5 Å². The van der Waals surface area contributed by atoms with Crippen molar-refractivity contribution < 1.29 is 18.5 Å².